The van der Waals surface area contributed by atoms with Crippen molar-refractivity contribution in [3.63, 3.8) is 0 Å². The van der Waals surface area contributed by atoms with E-state index in [9.17, 15) is 0 Å². The highest BCUT2D eigenvalue weighted by atomic mass is 32.1. The largest absolute Gasteiger partial charge is 0.357 e. The van der Waals surface area contributed by atoms with Gasteiger partial charge in [-0.3, -0.25) is 9.89 Å². The van der Waals surface area contributed by atoms with Crippen LogP contribution in [0.3, 0.4) is 0 Å². The van der Waals surface area contributed by atoms with Gasteiger partial charge in [0.15, 0.2) is 5.96 Å². The molecule has 140 valence electrons. The van der Waals surface area contributed by atoms with Gasteiger partial charge >= 0.3 is 0 Å². The van der Waals surface area contributed by atoms with Gasteiger partial charge in [-0.25, -0.2) is 4.98 Å². The molecule has 1 aromatic heterocycles. The summed E-state index contributed by atoms with van der Waals surface area (Å²) in [6.45, 7) is 11.2. The first-order valence-corrected chi connectivity index (χ1v) is 10.3. The molecule has 0 amide bonds. The van der Waals surface area contributed by atoms with Crippen LogP contribution < -0.4 is 5.32 Å². The van der Waals surface area contributed by atoms with Crippen molar-refractivity contribution in [1.82, 2.24) is 20.1 Å². The number of aromatic nitrogens is 1. The highest BCUT2D eigenvalue weighted by molar-refractivity contribution is 7.11. The van der Waals surface area contributed by atoms with E-state index < -0.39 is 0 Å². The van der Waals surface area contributed by atoms with E-state index in [1.54, 1.807) is 11.3 Å². The number of nitrogens with zero attached hydrogens (tertiary/aromatic N) is 4. The third-order valence-electron chi connectivity index (χ3n) is 4.51. The quantitative estimate of drug-likeness (QED) is 0.626. The number of nitrogens with one attached hydrogen (secondary N) is 1. The van der Waals surface area contributed by atoms with Crippen molar-refractivity contribution in [3.05, 3.63) is 52.0 Å². The van der Waals surface area contributed by atoms with Crippen molar-refractivity contribution in [1.29, 1.82) is 0 Å². The molecule has 2 aromatic rings. The Morgan fingerprint density at radius 3 is 2.62 bits per heavy atom. The molecule has 3 rings (SSSR count). The van der Waals surface area contributed by atoms with E-state index >= 15 is 0 Å². The van der Waals surface area contributed by atoms with Gasteiger partial charge in [-0.05, 0) is 19.4 Å². The number of aryl methyl sites for hydroxylation is 1. The lowest BCUT2D eigenvalue weighted by molar-refractivity contribution is 0.172. The second-order valence-corrected chi connectivity index (χ2v) is 7.92. The molecule has 0 atom stereocenters. The predicted octanol–water partition coefficient (Wildman–Crippen LogP) is 2.78. The first kappa shape index (κ1) is 18.9. The van der Waals surface area contributed by atoms with Gasteiger partial charge < -0.3 is 10.2 Å². The summed E-state index contributed by atoms with van der Waals surface area (Å²) in [5.74, 6) is 1.04. The molecule has 0 aliphatic carbocycles. The topological polar surface area (TPSA) is 43.8 Å². The van der Waals surface area contributed by atoms with Crippen LogP contribution in [0, 0.1) is 6.92 Å². The molecular weight excluding hydrogens is 342 g/mol. The Balaban J connectivity index is 1.50. The standard InChI is InChI=1S/C20H29N5S/c1-3-21-20(22-10-9-19-23-15-17(2)26-19)25-13-11-24(12-14-25)16-18-7-5-4-6-8-18/h4-8,15H,3,9-14,16H2,1-2H3,(H,21,22). The van der Waals surface area contributed by atoms with E-state index in [1.807, 2.05) is 6.20 Å². The fourth-order valence-electron chi connectivity index (χ4n) is 3.16. The molecule has 1 fully saturated rings. The van der Waals surface area contributed by atoms with E-state index in [2.05, 4.69) is 64.3 Å². The molecule has 6 heteroatoms. The average Bonchev–Trinajstić information content (AvgIpc) is 3.08. The third kappa shape index (κ3) is 5.54. The summed E-state index contributed by atoms with van der Waals surface area (Å²) in [4.78, 5) is 15.4. The monoisotopic (exact) mass is 371 g/mol. The maximum absolute atomic E-state index is 4.83. The summed E-state index contributed by atoms with van der Waals surface area (Å²) in [6, 6.07) is 10.7. The summed E-state index contributed by atoms with van der Waals surface area (Å²) < 4.78 is 0. The van der Waals surface area contributed by atoms with Crippen molar-refractivity contribution < 1.29 is 0 Å². The van der Waals surface area contributed by atoms with Crippen LogP contribution in [0.2, 0.25) is 0 Å². The van der Waals surface area contributed by atoms with Gasteiger partial charge in [-0.15, -0.1) is 11.3 Å². The first-order chi connectivity index (χ1) is 12.7. The first-order valence-electron chi connectivity index (χ1n) is 9.45. The normalized spacial score (nSPS) is 16.1. The van der Waals surface area contributed by atoms with Crippen molar-refractivity contribution in [3.8, 4) is 0 Å². The molecular formula is C20H29N5S. The second-order valence-electron chi connectivity index (χ2n) is 6.60. The van der Waals surface area contributed by atoms with Crippen LogP contribution in [0.1, 0.15) is 22.4 Å². The van der Waals surface area contributed by atoms with Gasteiger partial charge in [-0.1, -0.05) is 30.3 Å². The maximum Gasteiger partial charge on any atom is 0.194 e. The van der Waals surface area contributed by atoms with Crippen LogP contribution in [0.25, 0.3) is 0 Å². The molecule has 0 radical (unpaired) electrons. The summed E-state index contributed by atoms with van der Waals surface area (Å²) in [6.07, 6.45) is 2.86. The minimum absolute atomic E-state index is 0.791. The minimum Gasteiger partial charge on any atom is -0.357 e. The number of hydrogen-bond acceptors (Lipinski definition) is 4. The van der Waals surface area contributed by atoms with Crippen LogP contribution in [-0.2, 0) is 13.0 Å². The van der Waals surface area contributed by atoms with Crippen molar-refractivity contribution in [2.75, 3.05) is 39.3 Å². The maximum atomic E-state index is 4.83. The summed E-state index contributed by atoms with van der Waals surface area (Å²) in [5.41, 5.74) is 1.39. The van der Waals surface area contributed by atoms with Crippen LogP contribution in [0.15, 0.2) is 41.5 Å². The Morgan fingerprint density at radius 2 is 1.96 bits per heavy atom. The van der Waals surface area contributed by atoms with E-state index in [4.69, 9.17) is 4.99 Å². The molecule has 1 N–H and O–H groups in total. The van der Waals surface area contributed by atoms with Crippen molar-refractivity contribution in [2.45, 2.75) is 26.8 Å². The zero-order chi connectivity index (χ0) is 18.2. The molecule has 2 heterocycles. The Morgan fingerprint density at radius 1 is 1.19 bits per heavy atom. The molecule has 1 saturated heterocycles. The summed E-state index contributed by atoms with van der Waals surface area (Å²) in [7, 11) is 0. The molecule has 0 spiro atoms. The van der Waals surface area contributed by atoms with E-state index in [0.29, 0.717) is 0 Å². The third-order valence-corrected chi connectivity index (χ3v) is 5.48. The van der Waals surface area contributed by atoms with Crippen LogP contribution in [0.5, 0.6) is 0 Å². The summed E-state index contributed by atoms with van der Waals surface area (Å²) in [5, 5.41) is 4.62. The van der Waals surface area contributed by atoms with E-state index in [1.165, 1.54) is 15.4 Å². The number of thiazole rings is 1. The molecule has 26 heavy (non-hydrogen) atoms. The Hall–Kier alpha value is -1.92. The second kappa shape index (κ2) is 9.69. The Kier molecular flexibility index (Phi) is 7.03. The number of rotatable bonds is 6. The summed E-state index contributed by atoms with van der Waals surface area (Å²) >= 11 is 1.77. The average molecular weight is 372 g/mol. The van der Waals surface area contributed by atoms with Crippen LogP contribution in [-0.4, -0.2) is 60.0 Å². The fraction of sp³-hybridized carbons (Fsp3) is 0.500. The van der Waals surface area contributed by atoms with Gasteiger partial charge in [0.25, 0.3) is 0 Å². The molecule has 0 unspecified atom stereocenters. The van der Waals surface area contributed by atoms with Crippen LogP contribution in [0.4, 0.5) is 0 Å². The minimum atomic E-state index is 0.791. The van der Waals surface area contributed by atoms with Gasteiger partial charge in [-0.2, -0.15) is 0 Å². The Labute approximate surface area is 160 Å². The van der Waals surface area contributed by atoms with Crippen molar-refractivity contribution in [2.24, 2.45) is 4.99 Å². The van der Waals surface area contributed by atoms with E-state index in [-0.39, 0.29) is 0 Å². The predicted molar refractivity (Wildman–Crippen MR) is 110 cm³/mol. The van der Waals surface area contributed by atoms with Gasteiger partial charge in [0, 0.05) is 63.3 Å². The van der Waals surface area contributed by atoms with Gasteiger partial charge in [0.1, 0.15) is 0 Å². The number of aliphatic imine (C=N–C) groups is 1. The molecule has 0 saturated carbocycles. The zero-order valence-electron chi connectivity index (χ0n) is 15.8. The molecule has 1 aliphatic rings. The lowest BCUT2D eigenvalue weighted by Gasteiger charge is -2.36. The molecule has 1 aliphatic heterocycles. The molecule has 0 bridgehead atoms. The lowest BCUT2D eigenvalue weighted by Crippen LogP contribution is -2.52. The van der Waals surface area contributed by atoms with Crippen LogP contribution >= 0.6 is 11.3 Å². The molecule has 5 nitrogen and oxygen atoms in total. The van der Waals surface area contributed by atoms with Crippen molar-refractivity contribution >= 4 is 17.3 Å². The fourth-order valence-corrected chi connectivity index (χ4v) is 3.94. The molecule has 1 aromatic carbocycles. The smallest absolute Gasteiger partial charge is 0.194 e. The van der Waals surface area contributed by atoms with Gasteiger partial charge in [0.2, 0.25) is 0 Å². The SMILES string of the molecule is CCNC(=NCCc1ncc(C)s1)N1CCN(Cc2ccccc2)CC1. The van der Waals surface area contributed by atoms with E-state index in [0.717, 1.165) is 58.2 Å². The number of benzene rings is 1. The lowest BCUT2D eigenvalue weighted by atomic mass is 10.2. The number of piperazine rings is 1. The Bertz CT molecular complexity index is 689. The van der Waals surface area contributed by atoms with Gasteiger partial charge in [0.05, 0.1) is 5.01 Å². The number of hydrogen-bond donors (Lipinski definition) is 1. The zero-order valence-corrected chi connectivity index (χ0v) is 16.6. The highest BCUT2D eigenvalue weighted by Crippen LogP contribution is 2.12. The highest BCUT2D eigenvalue weighted by Gasteiger charge is 2.19. The number of guanidine groups is 1.